The lowest BCUT2D eigenvalue weighted by Gasteiger charge is -2.16. The van der Waals surface area contributed by atoms with Crippen molar-refractivity contribution in [3.05, 3.63) is 58.1 Å². The maximum Gasteiger partial charge on any atom is 0.236 e. The molecule has 0 radical (unpaired) electrons. The van der Waals surface area contributed by atoms with Crippen LogP contribution >= 0.6 is 0 Å². The smallest absolute Gasteiger partial charge is 0.236 e. The van der Waals surface area contributed by atoms with Crippen molar-refractivity contribution in [3.8, 4) is 11.3 Å². The molecule has 0 saturated heterocycles. The van der Waals surface area contributed by atoms with Crippen LogP contribution in [0.5, 0.6) is 0 Å². The van der Waals surface area contributed by atoms with Crippen LogP contribution in [0, 0.1) is 20.8 Å². The standard InChI is InChI=1S/C19H15NO2/c1-9-4-5-12-15(6-9)20-17-13-7-10(2)11(3)8-14(13)18(21)19(22)16(12)17/h4-8,20H,1-3H3. The molecule has 1 heterocycles. The minimum Gasteiger partial charge on any atom is -0.354 e. The van der Waals surface area contributed by atoms with E-state index in [9.17, 15) is 9.59 Å². The van der Waals surface area contributed by atoms with Crippen molar-refractivity contribution in [1.82, 2.24) is 4.98 Å². The van der Waals surface area contributed by atoms with Crippen LogP contribution in [0.25, 0.3) is 22.2 Å². The topological polar surface area (TPSA) is 49.9 Å². The number of ketones is 2. The molecule has 3 heteroatoms. The number of H-pyrrole nitrogens is 1. The zero-order valence-corrected chi connectivity index (χ0v) is 12.7. The average molecular weight is 289 g/mol. The highest BCUT2D eigenvalue weighted by molar-refractivity contribution is 6.54. The Morgan fingerprint density at radius 2 is 1.50 bits per heavy atom. The zero-order valence-electron chi connectivity index (χ0n) is 12.7. The molecule has 1 aliphatic carbocycles. The predicted octanol–water partition coefficient (Wildman–Crippen LogP) is 4.14. The number of hydrogen-bond acceptors (Lipinski definition) is 2. The van der Waals surface area contributed by atoms with Crippen LogP contribution in [-0.2, 0) is 0 Å². The molecule has 0 saturated carbocycles. The highest BCUT2D eigenvalue weighted by atomic mass is 16.2. The lowest BCUT2D eigenvalue weighted by Crippen LogP contribution is -2.21. The Labute approximate surface area is 128 Å². The number of nitrogens with one attached hydrogen (secondary N) is 1. The Morgan fingerprint density at radius 3 is 2.23 bits per heavy atom. The summed E-state index contributed by atoms with van der Waals surface area (Å²) in [5, 5.41) is 0.822. The summed E-state index contributed by atoms with van der Waals surface area (Å²) in [7, 11) is 0. The van der Waals surface area contributed by atoms with E-state index < -0.39 is 11.6 Å². The Bertz CT molecular complexity index is 992. The van der Waals surface area contributed by atoms with Gasteiger partial charge in [-0.3, -0.25) is 9.59 Å². The molecule has 3 nitrogen and oxygen atoms in total. The molecule has 1 aromatic heterocycles. The van der Waals surface area contributed by atoms with E-state index in [1.165, 1.54) is 0 Å². The SMILES string of the molecule is Cc1ccc2c3c([nH]c2c1)-c1cc(C)c(C)cc1C(=O)C3=O. The maximum atomic E-state index is 12.6. The lowest BCUT2D eigenvalue weighted by molar-refractivity contribution is 0.0816. The van der Waals surface area contributed by atoms with Gasteiger partial charge in [0.1, 0.15) is 0 Å². The summed E-state index contributed by atoms with van der Waals surface area (Å²) in [5.74, 6) is -0.826. The van der Waals surface area contributed by atoms with Crippen LogP contribution in [0.15, 0.2) is 30.3 Å². The van der Waals surface area contributed by atoms with Crippen molar-refractivity contribution < 1.29 is 9.59 Å². The highest BCUT2D eigenvalue weighted by Crippen LogP contribution is 2.38. The van der Waals surface area contributed by atoms with Crippen LogP contribution in [0.3, 0.4) is 0 Å². The number of carbonyl (C=O) groups is 2. The van der Waals surface area contributed by atoms with Crippen LogP contribution in [0.2, 0.25) is 0 Å². The first-order valence-corrected chi connectivity index (χ1v) is 7.30. The molecule has 0 spiro atoms. The average Bonchev–Trinajstić information content (AvgIpc) is 2.85. The molecule has 0 aliphatic heterocycles. The summed E-state index contributed by atoms with van der Waals surface area (Å²) in [6.07, 6.45) is 0. The first-order valence-electron chi connectivity index (χ1n) is 7.30. The molecule has 22 heavy (non-hydrogen) atoms. The summed E-state index contributed by atoms with van der Waals surface area (Å²) in [6, 6.07) is 9.70. The molecule has 3 aromatic rings. The van der Waals surface area contributed by atoms with E-state index in [-0.39, 0.29) is 0 Å². The van der Waals surface area contributed by atoms with Gasteiger partial charge in [0.15, 0.2) is 0 Å². The van der Waals surface area contributed by atoms with Gasteiger partial charge in [0.2, 0.25) is 11.6 Å². The van der Waals surface area contributed by atoms with Gasteiger partial charge < -0.3 is 4.98 Å². The Hall–Kier alpha value is -2.68. The normalized spacial score (nSPS) is 13.4. The molecule has 1 N–H and O–H groups in total. The molecule has 2 aromatic carbocycles. The summed E-state index contributed by atoms with van der Waals surface area (Å²) < 4.78 is 0. The lowest BCUT2D eigenvalue weighted by atomic mass is 9.85. The van der Waals surface area contributed by atoms with Crippen LogP contribution < -0.4 is 0 Å². The van der Waals surface area contributed by atoms with Crippen LogP contribution in [-0.4, -0.2) is 16.6 Å². The minimum atomic E-state index is -0.416. The first-order chi connectivity index (χ1) is 10.5. The van der Waals surface area contributed by atoms with E-state index in [0.717, 1.165) is 38.9 Å². The van der Waals surface area contributed by atoms with Gasteiger partial charge in [-0.15, -0.1) is 0 Å². The van der Waals surface area contributed by atoms with E-state index in [0.29, 0.717) is 11.1 Å². The van der Waals surface area contributed by atoms with Gasteiger partial charge in [-0.05, 0) is 55.7 Å². The molecule has 1 aliphatic rings. The summed E-state index contributed by atoms with van der Waals surface area (Å²) in [5.41, 5.74) is 6.76. The van der Waals surface area contributed by atoms with E-state index in [2.05, 4.69) is 4.98 Å². The molecule has 0 unspecified atom stereocenters. The molecular weight excluding hydrogens is 274 g/mol. The van der Waals surface area contributed by atoms with Gasteiger partial charge in [0, 0.05) is 22.0 Å². The fraction of sp³-hybridized carbons (Fsp3) is 0.158. The number of rotatable bonds is 0. The number of fused-ring (bicyclic) bond motifs is 5. The fourth-order valence-corrected chi connectivity index (χ4v) is 3.20. The highest BCUT2D eigenvalue weighted by Gasteiger charge is 2.33. The van der Waals surface area contributed by atoms with Crippen molar-refractivity contribution in [2.24, 2.45) is 0 Å². The largest absolute Gasteiger partial charge is 0.354 e. The molecule has 0 fully saturated rings. The summed E-state index contributed by atoms with van der Waals surface area (Å²) in [6.45, 7) is 5.98. The van der Waals surface area contributed by atoms with Crippen molar-refractivity contribution in [3.63, 3.8) is 0 Å². The third-order valence-corrected chi connectivity index (χ3v) is 4.54. The number of Topliss-reactive ketones (excluding diaryl/α,β-unsaturated/α-hetero) is 2. The van der Waals surface area contributed by atoms with Gasteiger partial charge in [0.25, 0.3) is 0 Å². The third-order valence-electron chi connectivity index (χ3n) is 4.54. The maximum absolute atomic E-state index is 12.6. The molecular formula is C19H15NO2. The second kappa shape index (κ2) is 4.17. The Kier molecular flexibility index (Phi) is 2.46. The van der Waals surface area contributed by atoms with Crippen LogP contribution in [0.4, 0.5) is 0 Å². The van der Waals surface area contributed by atoms with Gasteiger partial charge in [-0.1, -0.05) is 12.1 Å². The van der Waals surface area contributed by atoms with E-state index in [1.54, 1.807) is 0 Å². The Morgan fingerprint density at radius 1 is 0.818 bits per heavy atom. The molecule has 0 amide bonds. The van der Waals surface area contributed by atoms with Crippen molar-refractivity contribution in [1.29, 1.82) is 0 Å². The molecule has 0 bridgehead atoms. The third kappa shape index (κ3) is 1.56. The molecule has 4 rings (SSSR count). The Balaban J connectivity index is 2.15. The first kappa shape index (κ1) is 13.0. The molecule has 0 atom stereocenters. The van der Waals surface area contributed by atoms with Crippen molar-refractivity contribution >= 4 is 22.5 Å². The molecule has 108 valence electrons. The van der Waals surface area contributed by atoms with E-state index in [4.69, 9.17) is 0 Å². The van der Waals surface area contributed by atoms with Gasteiger partial charge >= 0.3 is 0 Å². The van der Waals surface area contributed by atoms with E-state index >= 15 is 0 Å². The number of aromatic amines is 1. The number of hydrogen-bond donors (Lipinski definition) is 1. The second-order valence-corrected chi connectivity index (χ2v) is 6.06. The zero-order chi connectivity index (χ0) is 15.6. The summed E-state index contributed by atoms with van der Waals surface area (Å²) in [4.78, 5) is 28.4. The van der Waals surface area contributed by atoms with Gasteiger partial charge in [-0.2, -0.15) is 0 Å². The summed E-state index contributed by atoms with van der Waals surface area (Å²) >= 11 is 0. The monoisotopic (exact) mass is 289 g/mol. The quantitative estimate of drug-likeness (QED) is 0.632. The predicted molar refractivity (Wildman–Crippen MR) is 86.6 cm³/mol. The number of aryl methyl sites for hydroxylation is 3. The number of aromatic nitrogens is 1. The van der Waals surface area contributed by atoms with Crippen molar-refractivity contribution in [2.75, 3.05) is 0 Å². The second-order valence-electron chi connectivity index (χ2n) is 6.06. The minimum absolute atomic E-state index is 0.410. The van der Waals surface area contributed by atoms with Crippen LogP contribution in [0.1, 0.15) is 37.4 Å². The van der Waals surface area contributed by atoms with Crippen molar-refractivity contribution in [2.45, 2.75) is 20.8 Å². The fourth-order valence-electron chi connectivity index (χ4n) is 3.20. The number of benzene rings is 2. The van der Waals surface area contributed by atoms with Gasteiger partial charge in [-0.25, -0.2) is 0 Å². The van der Waals surface area contributed by atoms with E-state index in [1.807, 2.05) is 51.1 Å². The number of carbonyl (C=O) groups excluding carboxylic acids is 2. The van der Waals surface area contributed by atoms with Gasteiger partial charge in [0.05, 0.1) is 11.3 Å².